The first-order chi connectivity index (χ1) is 17.9. The molecule has 2 fully saturated rings. The molecule has 0 saturated carbocycles. The Kier molecular flexibility index (Phi) is 6.76. The summed E-state index contributed by atoms with van der Waals surface area (Å²) in [6.45, 7) is 5.77. The molecule has 6 rings (SSSR count). The Morgan fingerprint density at radius 1 is 1.08 bits per heavy atom. The number of para-hydroxylation sites is 1. The maximum atomic E-state index is 14.6. The number of Topliss-reactive ketones (excluding diaryl/α,β-unsaturated/α-hetero) is 1. The van der Waals surface area contributed by atoms with Crippen molar-refractivity contribution in [3.05, 3.63) is 64.8 Å². The van der Waals surface area contributed by atoms with E-state index in [1.165, 1.54) is 0 Å². The molecule has 7 heteroatoms. The minimum absolute atomic E-state index is 0.147. The molecule has 2 aromatic carbocycles. The van der Waals surface area contributed by atoms with Gasteiger partial charge in [-0.1, -0.05) is 29.8 Å². The van der Waals surface area contributed by atoms with E-state index in [0.29, 0.717) is 43.3 Å². The van der Waals surface area contributed by atoms with Crippen LogP contribution < -0.4 is 10.1 Å². The summed E-state index contributed by atoms with van der Waals surface area (Å²) in [6, 6.07) is 15.4. The number of carbonyl (C=O) groups is 1. The number of halogens is 2. The van der Waals surface area contributed by atoms with Crippen LogP contribution in [0.5, 0.6) is 5.75 Å². The molecule has 5 nitrogen and oxygen atoms in total. The molecule has 3 aromatic rings. The Morgan fingerprint density at radius 3 is 2.51 bits per heavy atom. The third-order valence-corrected chi connectivity index (χ3v) is 8.83. The lowest BCUT2D eigenvalue weighted by atomic mass is 9.85. The van der Waals surface area contributed by atoms with Crippen LogP contribution in [0.4, 0.5) is 4.39 Å². The quantitative estimate of drug-likeness (QED) is 0.433. The van der Waals surface area contributed by atoms with Gasteiger partial charge in [-0.15, -0.1) is 0 Å². The van der Waals surface area contributed by atoms with Crippen molar-refractivity contribution in [2.24, 2.45) is 5.92 Å². The summed E-state index contributed by atoms with van der Waals surface area (Å²) < 4.78 is 23.7. The molecule has 2 atom stereocenters. The highest BCUT2D eigenvalue weighted by Gasteiger charge is 2.44. The molecule has 3 aliphatic rings. The number of hydrogen-bond acceptors (Lipinski definition) is 4. The van der Waals surface area contributed by atoms with E-state index in [2.05, 4.69) is 33.0 Å². The van der Waals surface area contributed by atoms with Gasteiger partial charge in [0.05, 0.1) is 17.3 Å². The lowest BCUT2D eigenvalue weighted by Gasteiger charge is -2.41. The number of ketones is 1. The summed E-state index contributed by atoms with van der Waals surface area (Å²) in [7, 11) is 0. The van der Waals surface area contributed by atoms with Crippen LogP contribution in [0.3, 0.4) is 0 Å². The number of carbonyl (C=O) groups excluding carboxylic acids is 1. The zero-order valence-corrected chi connectivity index (χ0v) is 22.1. The highest BCUT2D eigenvalue weighted by molar-refractivity contribution is 6.30. The van der Waals surface area contributed by atoms with Crippen LogP contribution in [-0.2, 0) is 6.54 Å². The molecule has 1 aromatic heterocycles. The summed E-state index contributed by atoms with van der Waals surface area (Å²) in [5, 5.41) is 5.12. The van der Waals surface area contributed by atoms with E-state index in [1.807, 2.05) is 30.3 Å². The fourth-order valence-corrected chi connectivity index (χ4v) is 6.55. The third-order valence-electron chi connectivity index (χ3n) is 8.58. The van der Waals surface area contributed by atoms with E-state index in [1.54, 1.807) is 6.92 Å². The van der Waals surface area contributed by atoms with Gasteiger partial charge in [0, 0.05) is 42.0 Å². The van der Waals surface area contributed by atoms with Crippen molar-refractivity contribution in [3.8, 4) is 5.75 Å². The number of alkyl halides is 1. The second kappa shape index (κ2) is 10.0. The van der Waals surface area contributed by atoms with Crippen LogP contribution in [0.25, 0.3) is 10.9 Å². The Hall–Kier alpha value is -2.41. The first-order valence-corrected chi connectivity index (χ1v) is 14.0. The van der Waals surface area contributed by atoms with Gasteiger partial charge >= 0.3 is 0 Å². The molecule has 1 unspecified atom stereocenters. The van der Waals surface area contributed by atoms with Gasteiger partial charge in [0.1, 0.15) is 17.5 Å². The molecule has 2 saturated heterocycles. The molecule has 1 aliphatic carbocycles. The Labute approximate surface area is 222 Å². The van der Waals surface area contributed by atoms with E-state index >= 15 is 0 Å². The normalized spacial score (nSPS) is 24.8. The molecule has 0 radical (unpaired) electrons. The first-order valence-electron chi connectivity index (χ1n) is 13.6. The number of nitrogens with zero attached hydrogens (tertiary/aromatic N) is 2. The Balaban J connectivity index is 1.43. The van der Waals surface area contributed by atoms with Gasteiger partial charge in [0.15, 0.2) is 5.78 Å². The van der Waals surface area contributed by atoms with Gasteiger partial charge in [0.25, 0.3) is 0 Å². The topological polar surface area (TPSA) is 46.5 Å². The third kappa shape index (κ3) is 4.91. The van der Waals surface area contributed by atoms with Gasteiger partial charge in [-0.25, -0.2) is 4.39 Å². The second-order valence-electron chi connectivity index (χ2n) is 11.2. The summed E-state index contributed by atoms with van der Waals surface area (Å²) in [6.07, 6.45) is 3.41. The van der Waals surface area contributed by atoms with Gasteiger partial charge in [-0.2, -0.15) is 0 Å². The number of fused-ring (bicyclic) bond motifs is 3. The molecule has 37 heavy (non-hydrogen) atoms. The maximum absolute atomic E-state index is 14.6. The zero-order chi connectivity index (χ0) is 25.6. The summed E-state index contributed by atoms with van der Waals surface area (Å²) in [5.41, 5.74) is 1.71. The smallest absolute Gasteiger partial charge is 0.182 e. The average Bonchev–Trinajstić information content (AvgIpc) is 3.23. The van der Waals surface area contributed by atoms with Gasteiger partial charge < -0.3 is 14.6 Å². The van der Waals surface area contributed by atoms with Gasteiger partial charge in [0.2, 0.25) is 0 Å². The molecule has 2 aliphatic heterocycles. The number of rotatable bonds is 5. The molecule has 0 bridgehead atoms. The highest BCUT2D eigenvalue weighted by Crippen LogP contribution is 2.43. The summed E-state index contributed by atoms with van der Waals surface area (Å²) in [4.78, 5) is 16.4. The van der Waals surface area contributed by atoms with Crippen LogP contribution in [0.2, 0.25) is 5.02 Å². The minimum atomic E-state index is -1.16. The van der Waals surface area contributed by atoms with E-state index in [4.69, 9.17) is 16.3 Å². The van der Waals surface area contributed by atoms with Crippen molar-refractivity contribution in [2.75, 3.05) is 26.2 Å². The summed E-state index contributed by atoms with van der Waals surface area (Å²) in [5.74, 6) is 1.44. The van der Waals surface area contributed by atoms with Crippen LogP contribution in [0.15, 0.2) is 48.5 Å². The number of nitrogens with one attached hydrogen (secondary N) is 1. The number of hydrogen-bond donors (Lipinski definition) is 1. The van der Waals surface area contributed by atoms with E-state index in [0.717, 1.165) is 60.4 Å². The van der Waals surface area contributed by atoms with Crippen LogP contribution >= 0.6 is 11.6 Å². The second-order valence-corrected chi connectivity index (χ2v) is 11.6. The van der Waals surface area contributed by atoms with Crippen molar-refractivity contribution in [3.63, 3.8) is 0 Å². The standard InChI is InChI=1S/C30H35ClFN3O2/c1-30(32)12-16-34(17-13-30)25-18-26(37-22-8-6-21(31)7-9-22)28-27(29(25)36)23-4-2-3-5-24(23)35(28)19-20-10-14-33-15-11-20/h2-9,20,25-26,33H,10-19H2,1H3/t25?,26-/m1/s1. The van der Waals surface area contributed by atoms with Crippen molar-refractivity contribution < 1.29 is 13.9 Å². The average molecular weight is 524 g/mol. The number of likely N-dealkylation sites (tertiary alicyclic amines) is 1. The van der Waals surface area contributed by atoms with E-state index in [9.17, 15) is 9.18 Å². The monoisotopic (exact) mass is 523 g/mol. The van der Waals surface area contributed by atoms with Crippen LogP contribution in [-0.4, -0.2) is 53.1 Å². The van der Waals surface area contributed by atoms with Crippen molar-refractivity contribution in [1.29, 1.82) is 0 Å². The number of ether oxygens (including phenoxy) is 1. The molecule has 1 N–H and O–H groups in total. The largest absolute Gasteiger partial charge is 0.484 e. The predicted molar refractivity (Wildman–Crippen MR) is 145 cm³/mol. The lowest BCUT2D eigenvalue weighted by molar-refractivity contribution is 0.0284. The lowest BCUT2D eigenvalue weighted by Crippen LogP contribution is -2.51. The van der Waals surface area contributed by atoms with Crippen LogP contribution in [0.1, 0.15) is 61.2 Å². The van der Waals surface area contributed by atoms with Crippen molar-refractivity contribution >= 4 is 28.3 Å². The Morgan fingerprint density at radius 2 is 1.78 bits per heavy atom. The SMILES string of the molecule is CC1(F)CCN(C2C[C@@H](Oc3ccc(Cl)cc3)c3c(c4ccccc4n3CC3CCNCC3)C2=O)CC1. The molecule has 3 heterocycles. The van der Waals surface area contributed by atoms with Crippen molar-refractivity contribution in [1.82, 2.24) is 14.8 Å². The first kappa shape index (κ1) is 24.9. The van der Waals surface area contributed by atoms with Crippen molar-refractivity contribution in [2.45, 2.75) is 63.4 Å². The molecule has 0 spiro atoms. The van der Waals surface area contributed by atoms with E-state index < -0.39 is 5.67 Å². The number of piperidine rings is 2. The van der Waals surface area contributed by atoms with Gasteiger partial charge in [-0.3, -0.25) is 9.69 Å². The number of aromatic nitrogens is 1. The molecular weight excluding hydrogens is 489 g/mol. The predicted octanol–water partition coefficient (Wildman–Crippen LogP) is 6.19. The molecule has 196 valence electrons. The number of benzene rings is 2. The maximum Gasteiger partial charge on any atom is 0.182 e. The zero-order valence-electron chi connectivity index (χ0n) is 21.4. The Bertz CT molecular complexity index is 1270. The molecular formula is C30H35ClFN3O2. The minimum Gasteiger partial charge on any atom is -0.484 e. The van der Waals surface area contributed by atoms with Crippen LogP contribution in [0, 0.1) is 5.92 Å². The summed E-state index contributed by atoms with van der Waals surface area (Å²) >= 11 is 6.14. The van der Waals surface area contributed by atoms with Gasteiger partial charge in [-0.05, 0) is 81.9 Å². The fraction of sp³-hybridized carbons (Fsp3) is 0.500. The molecule has 0 amide bonds. The highest BCUT2D eigenvalue weighted by atomic mass is 35.5. The fourth-order valence-electron chi connectivity index (χ4n) is 6.42. The van der Waals surface area contributed by atoms with E-state index in [-0.39, 0.29) is 17.9 Å².